The van der Waals surface area contributed by atoms with Gasteiger partial charge in [-0.1, -0.05) is 30.3 Å². The number of ketones is 1. The van der Waals surface area contributed by atoms with Gasteiger partial charge < -0.3 is 0 Å². The average molecular weight is 310 g/mol. The molecule has 1 aliphatic rings. The van der Waals surface area contributed by atoms with Crippen molar-refractivity contribution in [1.82, 2.24) is 0 Å². The minimum atomic E-state index is -5.76. The predicted molar refractivity (Wildman–Crippen MR) is 58.8 cm³/mol. The Labute approximate surface area is 114 Å². The van der Waals surface area contributed by atoms with Crippen molar-refractivity contribution >= 4 is 5.78 Å². The molecule has 1 aromatic carbocycles. The summed E-state index contributed by atoms with van der Waals surface area (Å²) in [6.45, 7) is -0.952. The van der Waals surface area contributed by atoms with E-state index in [-0.39, 0.29) is 5.56 Å². The first kappa shape index (κ1) is 15.5. The Kier molecular flexibility index (Phi) is 3.54. The topological polar surface area (TPSA) is 41.8 Å². The molecule has 9 heteroatoms. The molecule has 1 atom stereocenters. The highest BCUT2D eigenvalue weighted by molar-refractivity contribution is 5.99. The van der Waals surface area contributed by atoms with Gasteiger partial charge in [0.2, 0.25) is 0 Å². The molecule has 0 aliphatic carbocycles. The second kappa shape index (κ2) is 4.81. The first-order valence-corrected chi connectivity index (χ1v) is 5.72. The van der Waals surface area contributed by atoms with E-state index in [4.69, 9.17) is 0 Å². The molecule has 114 valence electrons. The van der Waals surface area contributed by atoms with Crippen LogP contribution in [-0.2, 0) is 0 Å². The molecule has 0 radical (unpaired) electrons. The molecule has 0 fully saturated rings. The van der Waals surface area contributed by atoms with Crippen molar-refractivity contribution in [3.63, 3.8) is 0 Å². The Morgan fingerprint density at radius 1 is 1.05 bits per heavy atom. The van der Waals surface area contributed by atoms with Crippen LogP contribution in [0.5, 0.6) is 0 Å². The smallest absolute Gasteiger partial charge is 0.294 e. The van der Waals surface area contributed by atoms with Gasteiger partial charge in [0.15, 0.2) is 5.78 Å². The van der Waals surface area contributed by atoms with Crippen LogP contribution in [0.15, 0.2) is 40.6 Å². The molecule has 21 heavy (non-hydrogen) atoms. The van der Waals surface area contributed by atoms with E-state index in [0.717, 1.165) is 12.1 Å². The highest BCUT2D eigenvalue weighted by Gasteiger charge is 2.78. The largest absolute Gasteiger partial charge is 0.425 e. The lowest BCUT2D eigenvalue weighted by Gasteiger charge is -2.34. The summed E-state index contributed by atoms with van der Waals surface area (Å²) in [5, 5.41) is 5.25. The summed E-state index contributed by atoms with van der Waals surface area (Å²) in [5.41, 5.74) is -4.72. The Balaban J connectivity index is 2.51. The molecule has 0 saturated heterocycles. The fourth-order valence-corrected chi connectivity index (χ4v) is 2.18. The van der Waals surface area contributed by atoms with Gasteiger partial charge in [-0.15, -0.1) is 0 Å². The first-order chi connectivity index (χ1) is 9.61. The van der Waals surface area contributed by atoms with Crippen LogP contribution in [0.25, 0.3) is 0 Å². The summed E-state index contributed by atoms with van der Waals surface area (Å²) >= 11 is 0. The number of nitrogens with zero attached hydrogens (tertiary/aromatic N) is 2. The summed E-state index contributed by atoms with van der Waals surface area (Å²) in [7, 11) is 0. The SMILES string of the molecule is O=C(c1ccccc1)C1CN=NC1(C(F)(F)F)C(F)(F)F. The number of halogens is 6. The first-order valence-electron chi connectivity index (χ1n) is 5.72. The summed E-state index contributed by atoms with van der Waals surface area (Å²) in [5.74, 6) is -3.73. The number of alkyl halides is 6. The van der Waals surface area contributed by atoms with Crippen molar-refractivity contribution in [2.45, 2.75) is 17.9 Å². The minimum absolute atomic E-state index is 0.243. The van der Waals surface area contributed by atoms with Gasteiger partial charge in [-0.3, -0.25) is 4.79 Å². The van der Waals surface area contributed by atoms with Gasteiger partial charge >= 0.3 is 12.4 Å². The summed E-state index contributed by atoms with van der Waals surface area (Å²) in [6.07, 6.45) is -11.5. The van der Waals surface area contributed by atoms with Crippen LogP contribution in [0.1, 0.15) is 10.4 Å². The van der Waals surface area contributed by atoms with E-state index in [1.54, 1.807) is 0 Å². The molecule has 2 rings (SSSR count). The molecule has 1 aliphatic heterocycles. The van der Waals surface area contributed by atoms with Crippen LogP contribution in [0, 0.1) is 5.92 Å². The third-order valence-electron chi connectivity index (χ3n) is 3.24. The molecular formula is C12H8F6N2O. The highest BCUT2D eigenvalue weighted by Crippen LogP contribution is 2.53. The molecule has 0 saturated carbocycles. The summed E-state index contributed by atoms with van der Waals surface area (Å²) < 4.78 is 78.1. The van der Waals surface area contributed by atoms with Gasteiger partial charge in [0.1, 0.15) is 0 Å². The van der Waals surface area contributed by atoms with Crippen molar-refractivity contribution in [2.24, 2.45) is 16.1 Å². The van der Waals surface area contributed by atoms with E-state index in [0.29, 0.717) is 0 Å². The van der Waals surface area contributed by atoms with Crippen molar-refractivity contribution < 1.29 is 31.1 Å². The number of hydrogen-bond acceptors (Lipinski definition) is 3. The fourth-order valence-electron chi connectivity index (χ4n) is 2.18. The van der Waals surface area contributed by atoms with Gasteiger partial charge in [0.05, 0.1) is 12.5 Å². The van der Waals surface area contributed by atoms with Crippen LogP contribution in [-0.4, -0.2) is 30.2 Å². The van der Waals surface area contributed by atoms with Crippen LogP contribution in [0.4, 0.5) is 26.3 Å². The number of Topliss-reactive ketones (excluding diaryl/α,β-unsaturated/α-hetero) is 1. The number of benzene rings is 1. The Bertz CT molecular complexity index is 549. The Morgan fingerprint density at radius 2 is 1.57 bits per heavy atom. The Hall–Kier alpha value is -1.93. The van der Waals surface area contributed by atoms with Gasteiger partial charge in [0.25, 0.3) is 5.54 Å². The molecule has 0 aromatic heterocycles. The second-order valence-corrected chi connectivity index (χ2v) is 4.47. The molecule has 1 aromatic rings. The summed E-state index contributed by atoms with van der Waals surface area (Å²) in [6, 6.07) is 6.48. The van der Waals surface area contributed by atoms with Gasteiger partial charge in [0, 0.05) is 5.56 Å². The molecule has 1 unspecified atom stereocenters. The average Bonchev–Trinajstić information content (AvgIpc) is 2.83. The lowest BCUT2D eigenvalue weighted by molar-refractivity contribution is -0.301. The number of hydrogen-bond donors (Lipinski definition) is 0. The molecule has 0 bridgehead atoms. The van der Waals surface area contributed by atoms with Gasteiger partial charge in [-0.2, -0.15) is 36.6 Å². The minimum Gasteiger partial charge on any atom is -0.294 e. The maximum atomic E-state index is 13.0. The highest BCUT2D eigenvalue weighted by atomic mass is 19.4. The van der Waals surface area contributed by atoms with E-state index in [1.165, 1.54) is 18.2 Å². The van der Waals surface area contributed by atoms with E-state index in [1.807, 2.05) is 0 Å². The van der Waals surface area contributed by atoms with Gasteiger partial charge in [-0.25, -0.2) is 0 Å². The number of carbonyl (C=O) groups is 1. The molecule has 3 nitrogen and oxygen atoms in total. The maximum Gasteiger partial charge on any atom is 0.425 e. The van der Waals surface area contributed by atoms with E-state index >= 15 is 0 Å². The van der Waals surface area contributed by atoms with Crippen LogP contribution in [0.3, 0.4) is 0 Å². The lowest BCUT2D eigenvalue weighted by Crippen LogP contribution is -2.61. The van der Waals surface area contributed by atoms with E-state index in [2.05, 4.69) is 10.2 Å². The Morgan fingerprint density at radius 3 is 2.05 bits per heavy atom. The third-order valence-corrected chi connectivity index (χ3v) is 3.24. The lowest BCUT2D eigenvalue weighted by atomic mass is 9.79. The fraction of sp³-hybridized carbons (Fsp3) is 0.417. The quantitative estimate of drug-likeness (QED) is 0.605. The van der Waals surface area contributed by atoms with Crippen LogP contribution in [0.2, 0.25) is 0 Å². The molecule has 0 N–H and O–H groups in total. The zero-order chi connectivity index (χ0) is 15.9. The zero-order valence-electron chi connectivity index (χ0n) is 10.2. The van der Waals surface area contributed by atoms with Crippen LogP contribution >= 0.6 is 0 Å². The predicted octanol–water partition coefficient (Wildman–Crippen LogP) is 3.81. The van der Waals surface area contributed by atoms with Gasteiger partial charge in [-0.05, 0) is 0 Å². The van der Waals surface area contributed by atoms with Crippen molar-refractivity contribution in [2.75, 3.05) is 6.54 Å². The molecular weight excluding hydrogens is 302 g/mol. The summed E-state index contributed by atoms with van der Waals surface area (Å²) in [4.78, 5) is 12.0. The van der Waals surface area contributed by atoms with Crippen molar-refractivity contribution in [3.8, 4) is 0 Å². The van der Waals surface area contributed by atoms with Crippen molar-refractivity contribution in [3.05, 3.63) is 35.9 Å². The number of rotatable bonds is 2. The zero-order valence-corrected chi connectivity index (χ0v) is 10.2. The monoisotopic (exact) mass is 310 g/mol. The third kappa shape index (κ3) is 2.30. The molecule has 0 spiro atoms. The number of azo groups is 1. The van der Waals surface area contributed by atoms with Crippen molar-refractivity contribution in [1.29, 1.82) is 0 Å². The normalized spacial score (nSPS) is 21.5. The maximum absolute atomic E-state index is 13.0. The molecule has 1 heterocycles. The second-order valence-electron chi connectivity index (χ2n) is 4.47. The number of carbonyl (C=O) groups excluding carboxylic acids is 1. The van der Waals surface area contributed by atoms with Crippen LogP contribution < -0.4 is 0 Å². The molecule has 0 amide bonds. The van der Waals surface area contributed by atoms with E-state index in [9.17, 15) is 31.1 Å². The standard InChI is InChI=1S/C12H8F6N2O/c13-11(14,15)10(12(16,17)18)8(6-19-20-10)9(21)7-4-2-1-3-5-7/h1-5,8H,6H2. The van der Waals surface area contributed by atoms with E-state index < -0.39 is 36.1 Å².